The first kappa shape index (κ1) is 4.98. The zero-order chi connectivity index (χ0) is 4.12. The average Bonchev–Trinajstić information content (AvgIpc) is 1.41. The molecule has 0 spiro atoms. The van der Waals surface area contributed by atoms with Gasteiger partial charge in [0.2, 0.25) is 7.41 Å². The number of hydrogen-bond donors (Lipinski definition) is 2. The first-order chi connectivity index (χ1) is 2.41. The fraction of sp³-hybridized carbons (Fsp3) is 1.00. The van der Waals surface area contributed by atoms with Gasteiger partial charge in [-0.2, -0.15) is 0 Å². The molecule has 0 aliphatic heterocycles. The lowest BCUT2D eigenvalue weighted by Crippen LogP contribution is -2.22. The number of nitrogens with two attached hydrogens (primary N) is 1. The first-order valence-corrected chi connectivity index (χ1v) is 1.61. The van der Waals surface area contributed by atoms with Crippen LogP contribution in [0.2, 0.25) is 0 Å². The fourth-order valence-electron chi connectivity index (χ4n) is 0.118. The molecule has 0 unspecified atom stereocenters. The van der Waals surface area contributed by atoms with Gasteiger partial charge < -0.3 is 11.0 Å². The summed E-state index contributed by atoms with van der Waals surface area (Å²) in [5.74, 6) is 0. The van der Waals surface area contributed by atoms with Gasteiger partial charge in [-0.3, -0.25) is 0 Å². The minimum Gasteiger partial charge on any atom is -0.362 e. The standard InChI is InChI=1S/C2H8BN2/c1-5-3-2-4/h5H,2,4H2,1H3. The van der Waals surface area contributed by atoms with Gasteiger partial charge in [-0.1, -0.05) is 0 Å². The van der Waals surface area contributed by atoms with Crippen LogP contribution in [0.15, 0.2) is 0 Å². The largest absolute Gasteiger partial charge is 0.362 e. The van der Waals surface area contributed by atoms with Gasteiger partial charge in [0.1, 0.15) is 0 Å². The van der Waals surface area contributed by atoms with Gasteiger partial charge in [0, 0.05) is 0 Å². The van der Waals surface area contributed by atoms with Crippen LogP contribution in [0.4, 0.5) is 0 Å². The molecule has 0 bridgehead atoms. The second-order valence-electron chi connectivity index (χ2n) is 0.729. The van der Waals surface area contributed by atoms with Crippen molar-refractivity contribution in [2.24, 2.45) is 5.73 Å². The molecule has 0 atom stereocenters. The van der Waals surface area contributed by atoms with Crippen LogP contribution < -0.4 is 11.0 Å². The second kappa shape index (κ2) is 3.98. The zero-order valence-corrected chi connectivity index (χ0v) is 3.36. The third-order valence-electron chi connectivity index (χ3n) is 0.322. The highest BCUT2D eigenvalue weighted by Crippen LogP contribution is 1.30. The Morgan fingerprint density at radius 1 is 2.00 bits per heavy atom. The minimum atomic E-state index is 0.608. The Labute approximate surface area is 33.0 Å². The Kier molecular flexibility index (Phi) is 3.97. The van der Waals surface area contributed by atoms with Crippen molar-refractivity contribution in [2.45, 2.75) is 0 Å². The summed E-state index contributed by atoms with van der Waals surface area (Å²) in [6.07, 6.45) is 0.608. The molecule has 0 amide bonds. The van der Waals surface area contributed by atoms with Crippen LogP contribution in [0, 0.1) is 0 Å². The summed E-state index contributed by atoms with van der Waals surface area (Å²) in [5, 5.41) is 2.77. The molecule has 0 aromatic rings. The lowest BCUT2D eigenvalue weighted by atomic mass is 9.97. The van der Waals surface area contributed by atoms with Gasteiger partial charge in [0.15, 0.2) is 0 Å². The summed E-state index contributed by atoms with van der Waals surface area (Å²) >= 11 is 0. The Morgan fingerprint density at radius 3 is 2.60 bits per heavy atom. The van der Waals surface area contributed by atoms with Crippen LogP contribution in [0.3, 0.4) is 0 Å². The van der Waals surface area contributed by atoms with Crippen molar-refractivity contribution in [1.29, 1.82) is 0 Å². The molecule has 2 nitrogen and oxygen atoms in total. The highest BCUT2D eigenvalue weighted by molar-refractivity contribution is 6.32. The summed E-state index contributed by atoms with van der Waals surface area (Å²) in [5.41, 5.74) is 5.02. The zero-order valence-electron chi connectivity index (χ0n) is 3.36. The van der Waals surface area contributed by atoms with Crippen LogP contribution in [-0.2, 0) is 0 Å². The van der Waals surface area contributed by atoms with Crippen molar-refractivity contribution < 1.29 is 0 Å². The minimum absolute atomic E-state index is 0.608. The molecule has 1 radical (unpaired) electrons. The molecule has 29 valence electrons. The SMILES string of the molecule is CN[B]CN. The van der Waals surface area contributed by atoms with E-state index >= 15 is 0 Å². The van der Waals surface area contributed by atoms with E-state index in [2.05, 4.69) is 5.23 Å². The molecular formula is C2H8BN2. The van der Waals surface area contributed by atoms with E-state index in [4.69, 9.17) is 5.73 Å². The Morgan fingerprint density at radius 2 is 2.60 bits per heavy atom. The summed E-state index contributed by atoms with van der Waals surface area (Å²) in [4.78, 5) is 0. The van der Waals surface area contributed by atoms with Gasteiger partial charge >= 0.3 is 0 Å². The molecular weight excluding hydrogens is 62.8 g/mol. The number of nitrogens with one attached hydrogen (secondary N) is 1. The lowest BCUT2D eigenvalue weighted by Gasteiger charge is -1.81. The van der Waals surface area contributed by atoms with Crippen molar-refractivity contribution in [2.75, 3.05) is 13.5 Å². The van der Waals surface area contributed by atoms with Crippen molar-refractivity contribution in [1.82, 2.24) is 5.23 Å². The van der Waals surface area contributed by atoms with Crippen LogP contribution in [0.25, 0.3) is 0 Å². The van der Waals surface area contributed by atoms with Crippen LogP contribution in [0.1, 0.15) is 0 Å². The van der Waals surface area contributed by atoms with Gasteiger partial charge in [-0.15, -0.1) is 0 Å². The number of rotatable bonds is 2. The van der Waals surface area contributed by atoms with Gasteiger partial charge in [-0.25, -0.2) is 0 Å². The predicted molar refractivity (Wildman–Crippen MR) is 23.9 cm³/mol. The lowest BCUT2D eigenvalue weighted by molar-refractivity contribution is 1.19. The second-order valence-corrected chi connectivity index (χ2v) is 0.729. The molecule has 0 saturated carbocycles. The van der Waals surface area contributed by atoms with Gasteiger partial charge in [0.05, 0.1) is 0 Å². The maximum Gasteiger partial charge on any atom is 0.220 e. The van der Waals surface area contributed by atoms with Crippen molar-refractivity contribution in [3.63, 3.8) is 0 Å². The molecule has 0 rings (SSSR count). The summed E-state index contributed by atoms with van der Waals surface area (Å²) in [7, 11) is 3.60. The van der Waals surface area contributed by atoms with E-state index < -0.39 is 0 Å². The molecule has 0 saturated heterocycles. The topological polar surface area (TPSA) is 38.0 Å². The molecule has 0 aliphatic carbocycles. The Bertz CT molecular complexity index is 15.1. The molecule has 0 aromatic carbocycles. The monoisotopic (exact) mass is 71.1 g/mol. The quantitative estimate of drug-likeness (QED) is 0.399. The van der Waals surface area contributed by atoms with E-state index in [1.807, 2.05) is 7.05 Å². The van der Waals surface area contributed by atoms with E-state index in [1.165, 1.54) is 0 Å². The Hall–Kier alpha value is -0.0151. The Balaban J connectivity index is 2.19. The highest BCUT2D eigenvalue weighted by atomic mass is 14.7. The highest BCUT2D eigenvalue weighted by Gasteiger charge is 1.71. The molecule has 5 heavy (non-hydrogen) atoms. The third-order valence-corrected chi connectivity index (χ3v) is 0.322. The summed E-state index contributed by atoms with van der Waals surface area (Å²) in [6, 6.07) is 0. The van der Waals surface area contributed by atoms with E-state index in [1.54, 1.807) is 7.41 Å². The molecule has 3 heteroatoms. The third kappa shape index (κ3) is 3.98. The molecule has 0 aliphatic rings. The molecule has 0 heterocycles. The average molecular weight is 70.9 g/mol. The first-order valence-electron chi connectivity index (χ1n) is 1.61. The fourth-order valence-corrected chi connectivity index (χ4v) is 0.118. The smallest absolute Gasteiger partial charge is 0.220 e. The van der Waals surface area contributed by atoms with Crippen LogP contribution in [0.5, 0.6) is 0 Å². The van der Waals surface area contributed by atoms with Gasteiger partial charge in [0.25, 0.3) is 0 Å². The van der Waals surface area contributed by atoms with Crippen LogP contribution >= 0.6 is 0 Å². The van der Waals surface area contributed by atoms with Crippen molar-refractivity contribution >= 4 is 7.41 Å². The normalized spacial score (nSPS) is 7.60. The van der Waals surface area contributed by atoms with Gasteiger partial charge in [-0.05, 0) is 13.5 Å². The van der Waals surface area contributed by atoms with E-state index in [9.17, 15) is 0 Å². The molecule has 0 aromatic heterocycles. The van der Waals surface area contributed by atoms with Crippen molar-refractivity contribution in [3.05, 3.63) is 0 Å². The predicted octanol–water partition coefficient (Wildman–Crippen LogP) is -1.26. The van der Waals surface area contributed by atoms with Crippen molar-refractivity contribution in [3.8, 4) is 0 Å². The van der Waals surface area contributed by atoms with Crippen LogP contribution in [-0.4, -0.2) is 20.9 Å². The summed E-state index contributed by atoms with van der Waals surface area (Å²) < 4.78 is 0. The maximum atomic E-state index is 5.02. The maximum absolute atomic E-state index is 5.02. The van der Waals surface area contributed by atoms with E-state index in [0.717, 1.165) is 0 Å². The van der Waals surface area contributed by atoms with E-state index in [0.29, 0.717) is 6.44 Å². The summed E-state index contributed by atoms with van der Waals surface area (Å²) in [6.45, 7) is 0. The molecule has 0 fully saturated rings. The number of hydrogen-bond acceptors (Lipinski definition) is 2. The van der Waals surface area contributed by atoms with E-state index in [-0.39, 0.29) is 0 Å². The molecule has 3 N–H and O–H groups in total.